The van der Waals surface area contributed by atoms with Crippen molar-refractivity contribution in [3.63, 3.8) is 0 Å². The van der Waals surface area contributed by atoms with Gasteiger partial charge >= 0.3 is 0 Å². The van der Waals surface area contributed by atoms with E-state index in [1.54, 1.807) is 21.3 Å². The fourth-order valence-electron chi connectivity index (χ4n) is 11.3. The van der Waals surface area contributed by atoms with Crippen LogP contribution in [-0.4, -0.2) is 164 Å². The van der Waals surface area contributed by atoms with E-state index in [0.717, 1.165) is 136 Å². The minimum Gasteiger partial charge on any atom is -0.383 e. The molecule has 0 amide bonds. The van der Waals surface area contributed by atoms with Crippen LogP contribution in [-0.2, 0) is 14.2 Å². The van der Waals surface area contributed by atoms with Gasteiger partial charge in [0.25, 0.3) is 54.3 Å². The van der Waals surface area contributed by atoms with Crippen LogP contribution in [0.2, 0.25) is 0 Å². The van der Waals surface area contributed by atoms with Gasteiger partial charge in [-0.1, -0.05) is 104 Å². The fourth-order valence-corrected chi connectivity index (χ4v) is 11.3. The first-order chi connectivity index (χ1) is 46.7. The predicted molar refractivity (Wildman–Crippen MR) is 418 cm³/mol. The van der Waals surface area contributed by atoms with Crippen LogP contribution in [0.15, 0.2) is 47.9 Å². The summed E-state index contributed by atoms with van der Waals surface area (Å²) in [6.07, 6.45) is 10.3. The Labute approximate surface area is 594 Å². The van der Waals surface area contributed by atoms with E-state index >= 15 is 0 Å². The molecule has 7 rings (SSSR count). The third kappa shape index (κ3) is 29.3. The number of likely N-dealkylation sites (N-methyl/N-ethyl adjacent to an activating group) is 1. The third-order valence-corrected chi connectivity index (χ3v) is 17.2. The second-order valence-corrected chi connectivity index (χ2v) is 32.4. The summed E-state index contributed by atoms with van der Waals surface area (Å²) in [5, 5.41) is 24.7. The Bertz CT molecular complexity index is 3590. The second-order valence-electron chi connectivity index (χ2n) is 32.4. The van der Waals surface area contributed by atoms with Gasteiger partial charge in [-0.15, -0.1) is 0 Å². The molecule has 0 saturated carbocycles. The molecule has 2 aliphatic heterocycles. The van der Waals surface area contributed by atoms with Gasteiger partial charge in [0.15, 0.2) is 0 Å². The van der Waals surface area contributed by atoms with Crippen molar-refractivity contribution >= 4 is 56.9 Å². The number of rotatable bonds is 35. The maximum absolute atomic E-state index is 12.0. The number of hydrogen-bond donors (Lipinski definition) is 8. The molecule has 2 heterocycles. The Morgan fingerprint density at radius 3 is 0.950 bits per heavy atom. The molecule has 2 aliphatic rings. The van der Waals surface area contributed by atoms with E-state index in [0.29, 0.717) is 132 Å². The minimum absolute atomic E-state index is 0.265. The van der Waals surface area contributed by atoms with Gasteiger partial charge in [0.1, 0.15) is 56.9 Å². The van der Waals surface area contributed by atoms with Crippen LogP contribution in [0.1, 0.15) is 175 Å². The van der Waals surface area contributed by atoms with Gasteiger partial charge in [-0.3, -0.25) is 47.9 Å². The number of nitrogens with one attached hydrogen (secondary N) is 8. The van der Waals surface area contributed by atoms with E-state index in [1.165, 1.54) is 0 Å². The van der Waals surface area contributed by atoms with Crippen molar-refractivity contribution in [2.75, 3.05) is 211 Å². The van der Waals surface area contributed by atoms with Crippen LogP contribution in [0.4, 0.5) is 56.9 Å². The molecule has 566 valence electrons. The van der Waals surface area contributed by atoms with Gasteiger partial charge in [0.05, 0.1) is 19.8 Å². The number of ether oxygens (including phenoxy) is 3. The molecule has 0 atom stereocenters. The van der Waals surface area contributed by atoms with Gasteiger partial charge in [-0.25, -0.2) is 0 Å². The summed E-state index contributed by atoms with van der Waals surface area (Å²) < 4.78 is 15.1. The number of nitrogens with zero attached hydrogens (tertiary/aromatic N) is 4. The van der Waals surface area contributed by atoms with Crippen molar-refractivity contribution in [2.45, 2.75) is 175 Å². The molecule has 0 spiro atoms. The number of anilines is 10. The highest BCUT2D eigenvalue weighted by Crippen LogP contribution is 2.28. The summed E-state index contributed by atoms with van der Waals surface area (Å²) in [5.74, 6) is 0. The minimum atomic E-state index is -0.436. The maximum Gasteiger partial charge on any atom is 0.253 e. The Morgan fingerprint density at radius 2 is 0.630 bits per heavy atom. The van der Waals surface area contributed by atoms with E-state index in [-0.39, 0.29) is 32.5 Å². The summed E-state index contributed by atoms with van der Waals surface area (Å²) in [5.41, 5.74) is 2.57. The summed E-state index contributed by atoms with van der Waals surface area (Å²) >= 11 is 0. The summed E-state index contributed by atoms with van der Waals surface area (Å²) in [6.45, 7) is 49.1. The highest BCUT2D eigenvalue weighted by molar-refractivity contribution is 5.78. The third-order valence-electron chi connectivity index (χ3n) is 17.2. The molecular weight excluding hydrogens is 1280 g/mol. The first kappa shape index (κ1) is 87.4. The van der Waals surface area contributed by atoms with E-state index in [1.807, 2.05) is 16.7 Å². The van der Waals surface area contributed by atoms with Gasteiger partial charge < -0.3 is 76.3 Å². The molecule has 100 heavy (non-hydrogen) atoms. The van der Waals surface area contributed by atoms with Gasteiger partial charge in [-0.2, -0.15) is 0 Å². The van der Waals surface area contributed by atoms with Crippen LogP contribution < -0.4 is 112 Å². The largest absolute Gasteiger partial charge is 0.383 e. The van der Waals surface area contributed by atoms with E-state index < -0.39 is 32.6 Å². The average molecular weight is 1410 g/mol. The lowest BCUT2D eigenvalue weighted by molar-refractivity contribution is 0.190. The van der Waals surface area contributed by atoms with Gasteiger partial charge in [0, 0.05) is 133 Å². The van der Waals surface area contributed by atoms with Crippen LogP contribution in [0, 0.1) is 27.1 Å². The molecule has 0 unspecified atom stereocenters. The monoisotopic (exact) mass is 1400 g/mol. The van der Waals surface area contributed by atoms with Crippen molar-refractivity contribution in [3.8, 4) is 0 Å². The van der Waals surface area contributed by atoms with Crippen molar-refractivity contribution in [1.82, 2.24) is 10.2 Å². The van der Waals surface area contributed by atoms with Crippen molar-refractivity contribution < 1.29 is 14.2 Å². The Balaban J connectivity index is 0.000000326. The molecule has 0 aliphatic carbocycles. The molecule has 0 bridgehead atoms. The smallest absolute Gasteiger partial charge is 0.253 e. The highest BCUT2D eigenvalue weighted by Gasteiger charge is 2.30. The summed E-state index contributed by atoms with van der Waals surface area (Å²) in [4.78, 5) is 124. The molecular formula is C75H128N12O13. The molecule has 5 aromatic carbocycles. The number of hydrogen-bond acceptors (Lipinski definition) is 25. The molecule has 2 fully saturated rings. The average Bonchev–Trinajstić information content (AvgIpc) is 0.785. The lowest BCUT2D eigenvalue weighted by atomic mass is 9.90. The molecule has 0 radical (unpaired) electrons. The topological polar surface area (TPSA) is 308 Å². The van der Waals surface area contributed by atoms with E-state index in [4.69, 9.17) is 14.2 Å². The molecule has 25 heteroatoms. The highest BCUT2D eigenvalue weighted by atomic mass is 16.5. The molecule has 2 saturated heterocycles. The van der Waals surface area contributed by atoms with Crippen LogP contribution in [0.5, 0.6) is 0 Å². The maximum atomic E-state index is 12.0. The van der Waals surface area contributed by atoms with Gasteiger partial charge in [-0.05, 0) is 105 Å². The quantitative estimate of drug-likeness (QED) is 0.0145. The zero-order valence-corrected chi connectivity index (χ0v) is 64.8. The van der Waals surface area contributed by atoms with Gasteiger partial charge in [0.2, 0.25) is 0 Å². The molecule has 0 aromatic heterocycles. The first-order valence-electron chi connectivity index (χ1n) is 36.2. The summed E-state index contributed by atoms with van der Waals surface area (Å²) in [7, 11) is 6.89. The number of piperazine rings is 2. The Hall–Kier alpha value is -6.80. The van der Waals surface area contributed by atoms with Crippen LogP contribution in [0.25, 0.3) is 0 Å². The zero-order chi connectivity index (χ0) is 75.3. The first-order valence-corrected chi connectivity index (χ1v) is 36.2. The van der Waals surface area contributed by atoms with E-state index in [2.05, 4.69) is 163 Å². The van der Waals surface area contributed by atoms with Crippen LogP contribution >= 0.6 is 0 Å². The molecule has 5 aromatic rings. The van der Waals surface area contributed by atoms with Crippen molar-refractivity contribution in [1.29, 1.82) is 0 Å². The Morgan fingerprint density at radius 1 is 0.350 bits per heavy atom. The molecule has 25 nitrogen and oxygen atoms in total. The predicted octanol–water partition coefficient (Wildman–Crippen LogP) is 7.35. The fraction of sp³-hybridized carbons (Fsp3) is 0.733. The van der Waals surface area contributed by atoms with Crippen LogP contribution in [0.3, 0.4) is 0 Å². The molecule has 8 N–H and O–H groups in total. The zero-order valence-electron chi connectivity index (χ0n) is 64.8. The SMILES string of the molecule is CC(C)(C)CCCNc1c(N2CCNCC2)c(=O)c1=O.CCNc1c(NCCCC(C)(C)C)c(=O)c1=O.CN1CCN(c2c(NCCCC(C)(C)C)c(=O)c2=O)CC1.COCCN(CCOC)c1c(NCCCC(C)(C)C)c(=O)c1=O.COCCNc1c(NCCCC(C)(C)C)c(=O)c1=O. The normalized spacial score (nSPS) is 14.0. The Kier molecular flexibility index (Phi) is 36.1. The lowest BCUT2D eigenvalue weighted by Crippen LogP contribution is -2.50. The van der Waals surface area contributed by atoms with E-state index in [9.17, 15) is 47.9 Å². The summed E-state index contributed by atoms with van der Waals surface area (Å²) in [6, 6.07) is 0. The van der Waals surface area contributed by atoms with Crippen molar-refractivity contribution in [2.24, 2.45) is 27.1 Å². The lowest BCUT2D eigenvalue weighted by Gasteiger charge is -2.35. The second kappa shape index (κ2) is 41.3. The van der Waals surface area contributed by atoms with Crippen molar-refractivity contribution in [3.05, 3.63) is 102 Å². The standard InChI is InChI=1S/C17H30N2O4.C16H27N3O2.C15H25N3O2.C14H24N2O3.C13H22N2O2/c1-17(2,3)7-6-8-18-13-14(16(21)15(13)20)19(9-11-22-4)10-12-23-5;1-16(2,3)6-5-7-17-12-13(15(21)14(12)20)19-10-8-18(4)9-11-19;1-15(2,3)5-4-6-17-11-12(14(20)13(11)19)18-9-7-16-8-10-18;1-14(2,3)6-5-7-15-10-11(13(18)12(10)17)16-8-9-19-4;1-5-14-9-10(12(17)11(9)16)15-8-6-7-13(2,3)4/h18H,6-12H2,1-5H3;17H,5-11H2,1-4H3;16-17H,4-10H2,1-3H3;15-16H,5-9H2,1-4H3;14-15H,5-8H2,1-4H3. The number of methoxy groups -OCH3 is 3.